The predicted molar refractivity (Wildman–Crippen MR) is 97.5 cm³/mol. The van der Waals surface area contributed by atoms with Crippen LogP contribution in [0.15, 0.2) is 42.7 Å². The lowest BCUT2D eigenvalue weighted by atomic mass is 9.89. The molecule has 4 rings (SSSR count). The van der Waals surface area contributed by atoms with Gasteiger partial charge in [0.25, 0.3) is 0 Å². The number of aryl methyl sites for hydroxylation is 1. The summed E-state index contributed by atoms with van der Waals surface area (Å²) in [6.45, 7) is 5.00. The second kappa shape index (κ2) is 6.88. The Hall–Kier alpha value is -2.34. The van der Waals surface area contributed by atoms with Crippen molar-refractivity contribution in [3.05, 3.63) is 48.3 Å². The summed E-state index contributed by atoms with van der Waals surface area (Å²) in [6, 6.07) is 10.4. The van der Waals surface area contributed by atoms with Crippen molar-refractivity contribution in [3.8, 4) is 0 Å². The number of carbonyl (C=O) groups is 1. The predicted octanol–water partition coefficient (Wildman–Crippen LogP) is 1.07. The molecule has 6 nitrogen and oxygen atoms in total. The van der Waals surface area contributed by atoms with E-state index in [9.17, 15) is 4.79 Å². The van der Waals surface area contributed by atoms with Crippen molar-refractivity contribution in [3.63, 3.8) is 0 Å². The quantitative estimate of drug-likeness (QED) is 0.909. The molecular weight excluding hydrogens is 314 g/mol. The molecule has 1 N–H and O–H groups in total. The van der Waals surface area contributed by atoms with Crippen LogP contribution in [0, 0.1) is 5.92 Å². The number of hydrogen-bond donors (Lipinski definition) is 1. The standard InChI is InChI=1S/C19H25N5O/c1-22-14-15(11-21-22)17-12-20-13-18(17)19(25)24-9-7-23(8-10-24)16-5-3-2-4-6-16/h2-6,11,14,17-18,20H,7-10,12-13H2,1H3/t17-,18+/m1/s1. The molecule has 2 atom stereocenters. The van der Waals surface area contributed by atoms with Crippen molar-refractivity contribution >= 4 is 11.6 Å². The molecule has 0 unspecified atom stereocenters. The van der Waals surface area contributed by atoms with E-state index in [4.69, 9.17) is 0 Å². The van der Waals surface area contributed by atoms with E-state index in [0.29, 0.717) is 0 Å². The van der Waals surface area contributed by atoms with Gasteiger partial charge >= 0.3 is 0 Å². The summed E-state index contributed by atoms with van der Waals surface area (Å²) in [5, 5.41) is 7.66. The number of nitrogens with one attached hydrogen (secondary N) is 1. The zero-order valence-corrected chi connectivity index (χ0v) is 14.6. The largest absolute Gasteiger partial charge is 0.368 e. The van der Waals surface area contributed by atoms with Crippen molar-refractivity contribution in [2.45, 2.75) is 5.92 Å². The summed E-state index contributed by atoms with van der Waals surface area (Å²) in [4.78, 5) is 17.5. The number of carbonyl (C=O) groups excluding carboxylic acids is 1. The number of anilines is 1. The van der Waals surface area contributed by atoms with E-state index in [1.807, 2.05) is 35.1 Å². The van der Waals surface area contributed by atoms with Gasteiger partial charge in [0.2, 0.25) is 5.91 Å². The molecule has 2 aromatic rings. The van der Waals surface area contributed by atoms with Gasteiger partial charge in [-0.2, -0.15) is 5.10 Å². The Bertz CT molecular complexity index is 720. The Kier molecular flexibility index (Phi) is 4.44. The molecule has 3 heterocycles. The van der Waals surface area contributed by atoms with Crippen LogP contribution in [0.4, 0.5) is 5.69 Å². The van der Waals surface area contributed by atoms with Crippen molar-refractivity contribution < 1.29 is 4.79 Å². The maximum Gasteiger partial charge on any atom is 0.227 e. The van der Waals surface area contributed by atoms with Gasteiger partial charge in [-0.15, -0.1) is 0 Å². The third kappa shape index (κ3) is 3.26. The zero-order chi connectivity index (χ0) is 17.2. The van der Waals surface area contributed by atoms with E-state index in [1.54, 1.807) is 0 Å². The Morgan fingerprint density at radius 2 is 1.88 bits per heavy atom. The van der Waals surface area contributed by atoms with Crippen LogP contribution in [-0.4, -0.2) is 59.9 Å². The molecule has 1 aromatic heterocycles. The molecule has 2 aliphatic rings. The van der Waals surface area contributed by atoms with E-state index in [-0.39, 0.29) is 17.7 Å². The minimum atomic E-state index is 0.0208. The van der Waals surface area contributed by atoms with E-state index in [0.717, 1.165) is 44.8 Å². The molecule has 25 heavy (non-hydrogen) atoms. The molecule has 2 saturated heterocycles. The lowest BCUT2D eigenvalue weighted by Crippen LogP contribution is -2.51. The van der Waals surface area contributed by atoms with Gasteiger partial charge in [0.1, 0.15) is 0 Å². The highest BCUT2D eigenvalue weighted by Gasteiger charge is 2.37. The van der Waals surface area contributed by atoms with Crippen LogP contribution < -0.4 is 10.2 Å². The molecule has 2 aliphatic heterocycles. The highest BCUT2D eigenvalue weighted by molar-refractivity contribution is 5.81. The summed E-state index contributed by atoms with van der Waals surface area (Å²) < 4.78 is 1.81. The van der Waals surface area contributed by atoms with Gasteiger partial charge in [-0.05, 0) is 17.7 Å². The molecule has 0 saturated carbocycles. The van der Waals surface area contributed by atoms with Crippen molar-refractivity contribution in [2.24, 2.45) is 13.0 Å². The number of para-hydroxylation sites is 1. The van der Waals surface area contributed by atoms with Crippen LogP contribution in [0.3, 0.4) is 0 Å². The smallest absolute Gasteiger partial charge is 0.227 e. The Morgan fingerprint density at radius 3 is 2.56 bits per heavy atom. The number of rotatable bonds is 3. The van der Waals surface area contributed by atoms with E-state index in [1.165, 1.54) is 5.69 Å². The summed E-state index contributed by atoms with van der Waals surface area (Å²) in [6.07, 6.45) is 3.93. The van der Waals surface area contributed by atoms with E-state index in [2.05, 4.69) is 39.6 Å². The first-order valence-corrected chi connectivity index (χ1v) is 9.00. The molecular formula is C19H25N5O. The first-order chi connectivity index (χ1) is 12.2. The van der Waals surface area contributed by atoms with Gasteiger partial charge in [-0.25, -0.2) is 0 Å². The number of piperazine rings is 1. The highest BCUT2D eigenvalue weighted by atomic mass is 16.2. The topological polar surface area (TPSA) is 53.4 Å². The van der Waals surface area contributed by atoms with Crippen LogP contribution in [0.25, 0.3) is 0 Å². The third-order valence-electron chi connectivity index (χ3n) is 5.40. The van der Waals surface area contributed by atoms with Crippen LogP contribution in [0.5, 0.6) is 0 Å². The first kappa shape index (κ1) is 16.1. The average Bonchev–Trinajstić information content (AvgIpc) is 3.31. The Morgan fingerprint density at radius 1 is 1.12 bits per heavy atom. The van der Waals surface area contributed by atoms with Crippen LogP contribution >= 0.6 is 0 Å². The van der Waals surface area contributed by atoms with Gasteiger partial charge in [0, 0.05) is 64.1 Å². The number of aromatic nitrogens is 2. The molecule has 0 spiro atoms. The van der Waals surface area contributed by atoms with E-state index >= 15 is 0 Å². The first-order valence-electron chi connectivity index (χ1n) is 9.00. The van der Waals surface area contributed by atoms with Crippen molar-refractivity contribution in [1.82, 2.24) is 20.0 Å². The fraction of sp³-hybridized carbons (Fsp3) is 0.474. The summed E-state index contributed by atoms with van der Waals surface area (Å²) in [5.41, 5.74) is 2.40. The zero-order valence-electron chi connectivity index (χ0n) is 14.6. The summed E-state index contributed by atoms with van der Waals surface area (Å²) in [7, 11) is 1.92. The molecule has 0 aliphatic carbocycles. The minimum Gasteiger partial charge on any atom is -0.368 e. The van der Waals surface area contributed by atoms with Crippen LogP contribution in [0.1, 0.15) is 11.5 Å². The number of hydrogen-bond acceptors (Lipinski definition) is 4. The van der Waals surface area contributed by atoms with Gasteiger partial charge in [0.15, 0.2) is 0 Å². The minimum absolute atomic E-state index is 0.0208. The SMILES string of the molecule is Cn1cc([C@H]2CNC[C@@H]2C(=O)N2CCN(c3ccccc3)CC2)cn1. The van der Waals surface area contributed by atoms with Crippen LogP contribution in [-0.2, 0) is 11.8 Å². The second-order valence-electron chi connectivity index (χ2n) is 6.97. The summed E-state index contributed by atoms with van der Waals surface area (Å²) in [5.74, 6) is 0.535. The maximum atomic E-state index is 13.1. The maximum absolute atomic E-state index is 13.1. The lowest BCUT2D eigenvalue weighted by Gasteiger charge is -2.37. The van der Waals surface area contributed by atoms with E-state index < -0.39 is 0 Å². The highest BCUT2D eigenvalue weighted by Crippen LogP contribution is 2.29. The molecule has 6 heteroatoms. The molecule has 1 amide bonds. The van der Waals surface area contributed by atoms with Gasteiger partial charge in [-0.1, -0.05) is 18.2 Å². The second-order valence-corrected chi connectivity index (χ2v) is 6.97. The number of benzene rings is 1. The Balaban J connectivity index is 1.40. The molecule has 2 fully saturated rings. The fourth-order valence-corrected chi connectivity index (χ4v) is 3.98. The van der Waals surface area contributed by atoms with Gasteiger partial charge < -0.3 is 15.1 Å². The summed E-state index contributed by atoms with van der Waals surface area (Å²) >= 11 is 0. The molecule has 0 radical (unpaired) electrons. The van der Waals surface area contributed by atoms with Gasteiger partial charge in [-0.3, -0.25) is 9.48 Å². The Labute approximate surface area is 148 Å². The van der Waals surface area contributed by atoms with Crippen LogP contribution in [0.2, 0.25) is 0 Å². The van der Waals surface area contributed by atoms with Gasteiger partial charge in [0.05, 0.1) is 12.1 Å². The number of amides is 1. The number of nitrogens with zero attached hydrogens (tertiary/aromatic N) is 4. The molecule has 132 valence electrons. The molecule has 0 bridgehead atoms. The monoisotopic (exact) mass is 339 g/mol. The third-order valence-corrected chi connectivity index (χ3v) is 5.40. The lowest BCUT2D eigenvalue weighted by molar-refractivity contribution is -0.135. The van der Waals surface area contributed by atoms with Crippen molar-refractivity contribution in [1.29, 1.82) is 0 Å². The normalized spacial score (nSPS) is 23.9. The molecule has 1 aromatic carbocycles. The average molecular weight is 339 g/mol. The van der Waals surface area contributed by atoms with Crippen molar-refractivity contribution in [2.75, 3.05) is 44.2 Å². The fourth-order valence-electron chi connectivity index (χ4n) is 3.98.